The van der Waals surface area contributed by atoms with Gasteiger partial charge in [0.05, 0.1) is 11.0 Å². The molecule has 0 aromatic heterocycles. The maximum absolute atomic E-state index is 12.0. The van der Waals surface area contributed by atoms with E-state index in [0.717, 1.165) is 24.3 Å². The second-order valence-electron chi connectivity index (χ2n) is 3.72. The summed E-state index contributed by atoms with van der Waals surface area (Å²) in [5.74, 6) is -0.632. The summed E-state index contributed by atoms with van der Waals surface area (Å²) in [7, 11) is -3.99. The summed E-state index contributed by atoms with van der Waals surface area (Å²) in [6, 6.07) is 3.98. The van der Waals surface area contributed by atoms with Crippen LogP contribution in [0.1, 0.15) is 6.92 Å². The molecule has 1 aromatic rings. The van der Waals surface area contributed by atoms with Crippen LogP contribution < -0.4 is 9.46 Å². The Bertz CT molecular complexity index is 528. The van der Waals surface area contributed by atoms with Crippen molar-refractivity contribution >= 4 is 10.0 Å². The third-order valence-electron chi connectivity index (χ3n) is 1.92. The van der Waals surface area contributed by atoms with Gasteiger partial charge in [-0.05, 0) is 19.1 Å². The van der Waals surface area contributed by atoms with Gasteiger partial charge in [-0.15, -0.1) is 13.2 Å². The van der Waals surface area contributed by atoms with Gasteiger partial charge in [0, 0.05) is 12.6 Å². The molecule has 0 aliphatic carbocycles. The highest BCUT2D eigenvalue weighted by Gasteiger charge is 2.31. The van der Waals surface area contributed by atoms with E-state index in [1.807, 2.05) is 0 Å². The first-order valence-corrected chi connectivity index (χ1v) is 6.62. The molecule has 0 spiro atoms. The smallest absolute Gasteiger partial charge is 0.406 e. The minimum absolute atomic E-state index is 0.243. The molecule has 1 aromatic carbocycles. The number of aliphatic hydroxyl groups is 1. The Balaban J connectivity index is 2.92. The van der Waals surface area contributed by atoms with Crippen LogP contribution in [0.5, 0.6) is 5.75 Å². The lowest BCUT2D eigenvalue weighted by atomic mass is 10.3. The predicted octanol–water partition coefficient (Wildman–Crippen LogP) is 1.24. The molecule has 1 atom stereocenters. The quantitative estimate of drug-likeness (QED) is 0.858. The maximum Gasteiger partial charge on any atom is 0.573 e. The Morgan fingerprint density at radius 1 is 1.42 bits per heavy atom. The van der Waals surface area contributed by atoms with Crippen LogP contribution in [-0.4, -0.2) is 32.5 Å². The molecule has 19 heavy (non-hydrogen) atoms. The minimum Gasteiger partial charge on any atom is -0.406 e. The van der Waals surface area contributed by atoms with Gasteiger partial charge in [0.1, 0.15) is 5.75 Å². The third kappa shape index (κ3) is 5.45. The number of rotatable bonds is 5. The molecule has 1 unspecified atom stereocenters. The van der Waals surface area contributed by atoms with Gasteiger partial charge in [0.15, 0.2) is 0 Å². The molecule has 0 aliphatic rings. The van der Waals surface area contributed by atoms with Crippen LogP contribution in [0.15, 0.2) is 29.2 Å². The van der Waals surface area contributed by atoms with Crippen molar-refractivity contribution in [3.63, 3.8) is 0 Å². The van der Waals surface area contributed by atoms with Crippen molar-refractivity contribution in [1.82, 2.24) is 4.72 Å². The largest absolute Gasteiger partial charge is 0.573 e. The van der Waals surface area contributed by atoms with Crippen LogP contribution in [0.25, 0.3) is 0 Å². The zero-order valence-electron chi connectivity index (χ0n) is 9.81. The Kier molecular flexibility index (Phi) is 4.77. The van der Waals surface area contributed by atoms with Gasteiger partial charge in [-0.2, -0.15) is 0 Å². The monoisotopic (exact) mass is 299 g/mol. The highest BCUT2D eigenvalue weighted by molar-refractivity contribution is 7.89. The number of halogens is 3. The number of aliphatic hydroxyl groups excluding tert-OH is 1. The van der Waals surface area contributed by atoms with E-state index in [-0.39, 0.29) is 11.4 Å². The van der Waals surface area contributed by atoms with E-state index in [9.17, 15) is 21.6 Å². The van der Waals surface area contributed by atoms with Crippen molar-refractivity contribution in [3.05, 3.63) is 24.3 Å². The van der Waals surface area contributed by atoms with Gasteiger partial charge in [0.2, 0.25) is 10.0 Å². The molecular formula is C10H12F3NO4S. The summed E-state index contributed by atoms with van der Waals surface area (Å²) in [5, 5.41) is 8.97. The standard InChI is InChI=1S/C10H12F3NO4S/c1-7(15)6-14-19(16,17)9-4-2-3-8(5-9)18-10(11,12)13/h2-5,7,14-15H,6H2,1H3. The average molecular weight is 299 g/mol. The van der Waals surface area contributed by atoms with E-state index >= 15 is 0 Å². The predicted molar refractivity (Wildman–Crippen MR) is 60.0 cm³/mol. The van der Waals surface area contributed by atoms with E-state index < -0.39 is 28.2 Å². The number of hydrogen-bond donors (Lipinski definition) is 2. The van der Waals surface area contributed by atoms with E-state index in [1.165, 1.54) is 6.92 Å². The highest BCUT2D eigenvalue weighted by Crippen LogP contribution is 2.24. The second kappa shape index (κ2) is 5.76. The molecule has 1 rings (SSSR count). The fourth-order valence-electron chi connectivity index (χ4n) is 1.15. The van der Waals surface area contributed by atoms with E-state index in [4.69, 9.17) is 5.11 Å². The Morgan fingerprint density at radius 2 is 2.05 bits per heavy atom. The molecule has 0 amide bonds. The van der Waals surface area contributed by atoms with Crippen molar-refractivity contribution in [2.75, 3.05) is 6.54 Å². The topological polar surface area (TPSA) is 75.6 Å². The Labute approximate surface area is 108 Å². The number of hydrogen-bond acceptors (Lipinski definition) is 4. The molecular weight excluding hydrogens is 287 g/mol. The summed E-state index contributed by atoms with van der Waals surface area (Å²) >= 11 is 0. The summed E-state index contributed by atoms with van der Waals surface area (Å²) in [6.45, 7) is 1.12. The van der Waals surface area contributed by atoms with E-state index in [0.29, 0.717) is 0 Å². The summed E-state index contributed by atoms with van der Waals surface area (Å²) in [4.78, 5) is -0.380. The summed E-state index contributed by atoms with van der Waals surface area (Å²) < 4.78 is 65.1. The molecule has 2 N–H and O–H groups in total. The van der Waals surface area contributed by atoms with Gasteiger partial charge in [0.25, 0.3) is 0 Å². The second-order valence-corrected chi connectivity index (χ2v) is 5.49. The lowest BCUT2D eigenvalue weighted by Crippen LogP contribution is -2.30. The van der Waals surface area contributed by atoms with Crippen LogP contribution in [0, 0.1) is 0 Å². The number of nitrogens with one attached hydrogen (secondary N) is 1. The van der Waals surface area contributed by atoms with Crippen LogP contribution in [0.2, 0.25) is 0 Å². The Morgan fingerprint density at radius 3 is 2.58 bits per heavy atom. The molecule has 0 radical (unpaired) electrons. The molecule has 0 saturated carbocycles. The highest BCUT2D eigenvalue weighted by atomic mass is 32.2. The number of benzene rings is 1. The fraction of sp³-hybridized carbons (Fsp3) is 0.400. The van der Waals surface area contributed by atoms with Gasteiger partial charge in [-0.25, -0.2) is 13.1 Å². The number of alkyl halides is 3. The fourth-order valence-corrected chi connectivity index (χ4v) is 2.31. The van der Waals surface area contributed by atoms with E-state index in [1.54, 1.807) is 0 Å². The number of ether oxygens (including phenoxy) is 1. The average Bonchev–Trinajstić information content (AvgIpc) is 2.24. The van der Waals surface area contributed by atoms with Crippen molar-refractivity contribution in [2.24, 2.45) is 0 Å². The van der Waals surface area contributed by atoms with Crippen LogP contribution in [0.3, 0.4) is 0 Å². The van der Waals surface area contributed by atoms with Crippen molar-refractivity contribution in [1.29, 1.82) is 0 Å². The summed E-state index contributed by atoms with van der Waals surface area (Å²) in [5.41, 5.74) is 0. The number of sulfonamides is 1. The van der Waals surface area contributed by atoms with E-state index in [2.05, 4.69) is 9.46 Å². The molecule has 108 valence electrons. The molecule has 0 saturated heterocycles. The SMILES string of the molecule is CC(O)CNS(=O)(=O)c1cccc(OC(F)(F)F)c1. The Hall–Kier alpha value is -1.32. The first kappa shape index (κ1) is 15.7. The maximum atomic E-state index is 12.0. The molecule has 0 aliphatic heterocycles. The lowest BCUT2D eigenvalue weighted by molar-refractivity contribution is -0.274. The lowest BCUT2D eigenvalue weighted by Gasteiger charge is -2.11. The molecule has 0 heterocycles. The minimum atomic E-state index is -4.89. The first-order chi connectivity index (χ1) is 8.60. The van der Waals surface area contributed by atoms with Crippen LogP contribution in [0.4, 0.5) is 13.2 Å². The zero-order valence-corrected chi connectivity index (χ0v) is 10.6. The van der Waals surface area contributed by atoms with Crippen molar-refractivity contribution in [2.45, 2.75) is 24.3 Å². The molecule has 0 fully saturated rings. The van der Waals surface area contributed by atoms with Crippen LogP contribution in [-0.2, 0) is 10.0 Å². The van der Waals surface area contributed by atoms with Crippen molar-refractivity contribution in [3.8, 4) is 5.75 Å². The van der Waals surface area contributed by atoms with Gasteiger partial charge in [-0.1, -0.05) is 6.07 Å². The molecule has 0 bridgehead atoms. The zero-order chi connectivity index (χ0) is 14.7. The first-order valence-electron chi connectivity index (χ1n) is 5.14. The van der Waals surface area contributed by atoms with Gasteiger partial charge >= 0.3 is 6.36 Å². The van der Waals surface area contributed by atoms with Crippen molar-refractivity contribution < 1.29 is 31.4 Å². The third-order valence-corrected chi connectivity index (χ3v) is 3.34. The molecule has 9 heteroatoms. The van der Waals surface area contributed by atoms with Gasteiger partial charge < -0.3 is 9.84 Å². The van der Waals surface area contributed by atoms with Crippen LogP contribution >= 0.6 is 0 Å². The summed E-state index contributed by atoms with van der Waals surface area (Å²) in [6.07, 6.45) is -5.81. The van der Waals surface area contributed by atoms with Gasteiger partial charge in [-0.3, -0.25) is 0 Å². The molecule has 5 nitrogen and oxygen atoms in total. The normalized spacial score (nSPS) is 14.2.